The van der Waals surface area contributed by atoms with Crippen LogP contribution in [0.5, 0.6) is 5.75 Å². The minimum absolute atomic E-state index is 0.527. The van der Waals surface area contributed by atoms with Crippen molar-refractivity contribution in [2.75, 3.05) is 0 Å². The number of H-pyrrole nitrogens is 1. The number of nitrogens with one attached hydrogen (secondary N) is 1. The molecular formula is C38H22N8O. The highest BCUT2D eigenvalue weighted by Gasteiger charge is 2.23. The molecule has 9 heteroatoms. The molecule has 1 N–H and O–H groups in total. The van der Waals surface area contributed by atoms with Crippen molar-refractivity contribution in [3.63, 3.8) is 0 Å². The van der Waals surface area contributed by atoms with Crippen LogP contribution in [0.2, 0.25) is 0 Å². The highest BCUT2D eigenvalue weighted by atomic mass is 16.7. The number of para-hydroxylation sites is 1. The smallest absolute Gasteiger partial charge is 0.181 e. The molecule has 0 saturated heterocycles. The number of fused-ring (bicyclic) bond motifs is 20. The van der Waals surface area contributed by atoms with Gasteiger partial charge in [0.05, 0.1) is 0 Å². The molecule has 0 atom stereocenters. The van der Waals surface area contributed by atoms with E-state index in [1.54, 1.807) is 4.73 Å². The largest absolute Gasteiger partial charge is 0.372 e. The van der Waals surface area contributed by atoms with Crippen molar-refractivity contribution < 1.29 is 4.84 Å². The summed E-state index contributed by atoms with van der Waals surface area (Å²) in [5, 5.41) is 3.58. The summed E-state index contributed by atoms with van der Waals surface area (Å²) >= 11 is 0. The molecule has 0 fully saturated rings. The number of rotatable bonds is 2. The minimum atomic E-state index is 0.527. The van der Waals surface area contributed by atoms with Crippen molar-refractivity contribution >= 4 is 44.1 Å². The van der Waals surface area contributed by atoms with E-state index in [-0.39, 0.29) is 0 Å². The Kier molecular flexibility index (Phi) is 5.38. The number of hydrogen-bond acceptors (Lipinski definition) is 7. The number of benzene rings is 5. The van der Waals surface area contributed by atoms with Crippen molar-refractivity contribution in [1.29, 1.82) is 0 Å². The molecule has 10 rings (SSSR count). The number of hydrogen-bond donors (Lipinski definition) is 1. The van der Waals surface area contributed by atoms with Gasteiger partial charge in [0.1, 0.15) is 11.3 Å². The van der Waals surface area contributed by atoms with Crippen molar-refractivity contribution in [3.8, 4) is 51.3 Å². The molecule has 5 aromatic carbocycles. The van der Waals surface area contributed by atoms with Gasteiger partial charge in [-0.05, 0) is 12.1 Å². The lowest BCUT2D eigenvalue weighted by Crippen LogP contribution is -2.06. The van der Waals surface area contributed by atoms with Gasteiger partial charge in [-0.2, -0.15) is 0 Å². The molecular weight excluding hydrogens is 584 g/mol. The summed E-state index contributed by atoms with van der Waals surface area (Å²) in [6.45, 7) is 0. The molecule has 9 nitrogen and oxygen atoms in total. The lowest BCUT2D eigenvalue weighted by molar-refractivity contribution is 0.238. The second-order valence-corrected chi connectivity index (χ2v) is 11.3. The van der Waals surface area contributed by atoms with Crippen LogP contribution in [-0.4, -0.2) is 39.6 Å². The van der Waals surface area contributed by atoms with E-state index in [1.165, 1.54) is 0 Å². The Morgan fingerprint density at radius 3 is 1.23 bits per heavy atom. The molecule has 0 amide bonds. The maximum atomic E-state index is 6.59. The Balaban J connectivity index is 1.43. The molecule has 2 aliphatic rings. The average molecular weight is 607 g/mol. The SMILES string of the molecule is c1ccc(On2c3nc4nc(nc5[nH]c(nc6nc(nc2c2ccccc23)-c2ccccc2-6)c2ccccc52)-c2ccccc2-4)cc1. The van der Waals surface area contributed by atoms with Crippen molar-refractivity contribution in [1.82, 2.24) is 39.6 Å². The third kappa shape index (κ3) is 3.96. The molecule has 0 spiro atoms. The Hall–Kier alpha value is -6.74. The summed E-state index contributed by atoms with van der Waals surface area (Å²) < 4.78 is 1.68. The van der Waals surface area contributed by atoms with Crippen molar-refractivity contribution in [2.24, 2.45) is 0 Å². The third-order valence-corrected chi connectivity index (χ3v) is 8.51. The average Bonchev–Trinajstić information content (AvgIpc) is 3.84. The molecule has 0 saturated carbocycles. The lowest BCUT2D eigenvalue weighted by atomic mass is 10.1. The van der Waals surface area contributed by atoms with Crippen LogP contribution in [0.15, 0.2) is 127 Å². The van der Waals surface area contributed by atoms with Gasteiger partial charge in [-0.3, -0.25) is 0 Å². The van der Waals surface area contributed by atoms with Crippen LogP contribution in [0.4, 0.5) is 0 Å². The Morgan fingerprint density at radius 2 is 0.766 bits per heavy atom. The quantitative estimate of drug-likeness (QED) is 0.211. The van der Waals surface area contributed by atoms with E-state index in [0.717, 1.165) is 43.8 Å². The predicted molar refractivity (Wildman–Crippen MR) is 182 cm³/mol. The van der Waals surface area contributed by atoms with Gasteiger partial charge >= 0.3 is 0 Å². The Labute approximate surface area is 266 Å². The summed E-state index contributed by atoms with van der Waals surface area (Å²) in [5.41, 5.74) is 5.94. The van der Waals surface area contributed by atoms with E-state index >= 15 is 0 Å². The number of aromatic nitrogens is 8. The molecule has 47 heavy (non-hydrogen) atoms. The van der Waals surface area contributed by atoms with Crippen molar-refractivity contribution in [2.45, 2.75) is 0 Å². The van der Waals surface area contributed by atoms with Gasteiger partial charge in [0.25, 0.3) is 0 Å². The van der Waals surface area contributed by atoms with E-state index in [4.69, 9.17) is 34.7 Å². The van der Waals surface area contributed by atoms with Crippen LogP contribution in [0.1, 0.15) is 0 Å². The van der Waals surface area contributed by atoms with Gasteiger partial charge in [0.2, 0.25) is 0 Å². The molecule has 3 aromatic heterocycles. The van der Waals surface area contributed by atoms with Crippen LogP contribution in [0, 0.1) is 0 Å². The first kappa shape index (κ1) is 25.6. The van der Waals surface area contributed by atoms with Crippen LogP contribution in [0.3, 0.4) is 0 Å². The second-order valence-electron chi connectivity index (χ2n) is 11.3. The van der Waals surface area contributed by atoms with Crippen LogP contribution in [0.25, 0.3) is 89.7 Å². The van der Waals surface area contributed by atoms with E-state index in [9.17, 15) is 0 Å². The van der Waals surface area contributed by atoms with E-state index in [2.05, 4.69) is 4.98 Å². The molecule has 0 aliphatic carbocycles. The minimum Gasteiger partial charge on any atom is -0.372 e. The lowest BCUT2D eigenvalue weighted by Gasteiger charge is -2.07. The zero-order valence-corrected chi connectivity index (χ0v) is 24.7. The fourth-order valence-corrected chi connectivity index (χ4v) is 6.34. The highest BCUT2D eigenvalue weighted by Crippen LogP contribution is 2.37. The third-order valence-electron chi connectivity index (χ3n) is 8.51. The Morgan fingerprint density at radius 1 is 0.383 bits per heavy atom. The van der Waals surface area contributed by atoms with Gasteiger partial charge < -0.3 is 9.82 Å². The number of aromatic amines is 1. The van der Waals surface area contributed by atoms with Gasteiger partial charge in [-0.25, -0.2) is 29.9 Å². The van der Waals surface area contributed by atoms with E-state index < -0.39 is 0 Å². The predicted octanol–water partition coefficient (Wildman–Crippen LogP) is 8.18. The fourth-order valence-electron chi connectivity index (χ4n) is 6.34. The molecule has 5 heterocycles. The highest BCUT2D eigenvalue weighted by molar-refractivity contribution is 6.06. The first-order chi connectivity index (χ1) is 23.3. The van der Waals surface area contributed by atoms with E-state index in [0.29, 0.717) is 51.6 Å². The zero-order valence-electron chi connectivity index (χ0n) is 24.7. The van der Waals surface area contributed by atoms with Crippen LogP contribution in [-0.2, 0) is 0 Å². The topological polar surface area (TPSA) is 107 Å². The summed E-state index contributed by atoms with van der Waals surface area (Å²) in [6, 6.07) is 41.7. The summed E-state index contributed by atoms with van der Waals surface area (Å²) in [5.74, 6) is 2.80. The molecule has 2 aliphatic heterocycles. The van der Waals surface area contributed by atoms with Gasteiger partial charge in [-0.15, -0.1) is 4.73 Å². The fraction of sp³-hybridized carbons (Fsp3) is 0. The molecule has 0 unspecified atom stereocenters. The van der Waals surface area contributed by atoms with Gasteiger partial charge in [-0.1, -0.05) is 115 Å². The normalized spacial score (nSPS) is 11.8. The van der Waals surface area contributed by atoms with E-state index in [1.807, 2.05) is 127 Å². The first-order valence-corrected chi connectivity index (χ1v) is 15.2. The van der Waals surface area contributed by atoms with Gasteiger partial charge in [0.15, 0.2) is 40.3 Å². The Bertz CT molecular complexity index is 2570. The first-order valence-electron chi connectivity index (χ1n) is 15.2. The van der Waals surface area contributed by atoms with Crippen LogP contribution >= 0.6 is 0 Å². The summed E-state index contributed by atoms with van der Waals surface area (Å²) in [6.07, 6.45) is 0. The maximum Gasteiger partial charge on any atom is 0.181 e. The van der Waals surface area contributed by atoms with Gasteiger partial charge in [0, 0.05) is 43.8 Å². The molecule has 220 valence electrons. The molecule has 0 radical (unpaired) electrons. The summed E-state index contributed by atoms with van der Waals surface area (Å²) in [4.78, 5) is 40.6. The number of nitrogens with zero attached hydrogens (tertiary/aromatic N) is 7. The zero-order chi connectivity index (χ0) is 30.9. The molecule has 8 aromatic rings. The van der Waals surface area contributed by atoms with Crippen molar-refractivity contribution in [3.05, 3.63) is 127 Å². The maximum absolute atomic E-state index is 6.59. The molecule has 8 bridgehead atoms. The standard InChI is InChI=1S/C38H22N8O/c1-2-12-22(13-3-1)47-46-37-29-20-10-11-21-30(29)38(46)45-36-28-19-9-7-17-26(28)34(43-36)41-32-24-15-5-4-14-23(24)31(39-32)40-33-25-16-6-8-18-27(25)35(42-33)44-37/h1-21H,(H,39,40,41,42,43,44,45). The van der Waals surface area contributed by atoms with Crippen LogP contribution < -0.4 is 4.84 Å². The second kappa shape index (κ2) is 9.88. The monoisotopic (exact) mass is 606 g/mol. The summed E-state index contributed by atoms with van der Waals surface area (Å²) in [7, 11) is 0.